The van der Waals surface area contributed by atoms with Crippen molar-refractivity contribution in [3.05, 3.63) is 94.0 Å². The molecule has 0 saturated heterocycles. The fourth-order valence-electron chi connectivity index (χ4n) is 4.10. The maximum absolute atomic E-state index is 12.8. The number of benzene rings is 3. The Balaban J connectivity index is 1.51. The van der Waals surface area contributed by atoms with Crippen molar-refractivity contribution < 1.29 is 19.1 Å². The molecule has 1 aromatic heterocycles. The molecule has 5 nitrogen and oxygen atoms in total. The highest BCUT2D eigenvalue weighted by atomic mass is 79.9. The average Bonchev–Trinajstić information content (AvgIpc) is 3.23. The van der Waals surface area contributed by atoms with Gasteiger partial charge in [-0.25, -0.2) is 4.79 Å². The van der Waals surface area contributed by atoms with Gasteiger partial charge in [-0.05, 0) is 58.1 Å². The fraction of sp³-hybridized carbons (Fsp3) is 0.267. The summed E-state index contributed by atoms with van der Waals surface area (Å²) in [4.78, 5) is 26.3. The van der Waals surface area contributed by atoms with Crippen molar-refractivity contribution >= 4 is 49.3 Å². The minimum Gasteiger partial charge on any atom is -0.462 e. The van der Waals surface area contributed by atoms with Crippen LogP contribution in [0.25, 0.3) is 20.5 Å². The average molecular weight is 581 g/mol. The number of esters is 2. The van der Waals surface area contributed by atoms with Gasteiger partial charge in [0, 0.05) is 26.7 Å². The van der Waals surface area contributed by atoms with E-state index in [-0.39, 0.29) is 24.5 Å². The summed E-state index contributed by atoms with van der Waals surface area (Å²) in [5, 5.41) is 4.45. The lowest BCUT2D eigenvalue weighted by molar-refractivity contribution is -0.148. The smallest absolute Gasteiger partial charge is 0.338 e. The van der Waals surface area contributed by atoms with E-state index in [0.717, 1.165) is 36.1 Å². The van der Waals surface area contributed by atoms with Crippen molar-refractivity contribution in [1.82, 2.24) is 5.32 Å². The van der Waals surface area contributed by atoms with Crippen LogP contribution in [0.1, 0.15) is 42.3 Å². The molecular weight excluding hydrogens is 550 g/mol. The fourth-order valence-corrected chi connectivity index (χ4v) is 6.13. The quantitative estimate of drug-likeness (QED) is 0.199. The molecule has 37 heavy (non-hydrogen) atoms. The van der Waals surface area contributed by atoms with Crippen LogP contribution in [0, 0.1) is 5.92 Å². The van der Waals surface area contributed by atoms with Crippen molar-refractivity contribution in [2.45, 2.75) is 40.0 Å². The van der Waals surface area contributed by atoms with E-state index in [9.17, 15) is 9.59 Å². The summed E-state index contributed by atoms with van der Waals surface area (Å²) in [6, 6.07) is 23.0. The van der Waals surface area contributed by atoms with Crippen molar-refractivity contribution in [3.8, 4) is 10.4 Å². The van der Waals surface area contributed by atoms with Crippen LogP contribution in [-0.2, 0) is 27.4 Å². The van der Waals surface area contributed by atoms with E-state index < -0.39 is 6.04 Å². The first-order chi connectivity index (χ1) is 17.9. The van der Waals surface area contributed by atoms with Crippen molar-refractivity contribution in [3.63, 3.8) is 0 Å². The number of thiophene rings is 1. The molecule has 0 aliphatic rings. The van der Waals surface area contributed by atoms with E-state index in [1.165, 1.54) is 0 Å². The number of hydrogen-bond acceptors (Lipinski definition) is 6. The van der Waals surface area contributed by atoms with E-state index >= 15 is 0 Å². The van der Waals surface area contributed by atoms with Gasteiger partial charge >= 0.3 is 11.9 Å². The molecule has 1 N–H and O–H groups in total. The standard InChI is InChI=1S/C30H30BrNO4S/c1-4-35-29(33)23-13-9-8-12-22(23)28-26(31)24-16-21(14-15-25(24)37-28)17-32-27(19(2)3)30(34)36-18-20-10-6-5-7-11-20/h5-16,19,27,32H,4,17-18H2,1-3H3/t27-/m0/s1. The first-order valence-electron chi connectivity index (χ1n) is 12.3. The number of hydrogen-bond donors (Lipinski definition) is 1. The summed E-state index contributed by atoms with van der Waals surface area (Å²) in [7, 11) is 0. The van der Waals surface area contributed by atoms with Crippen LogP contribution in [0.5, 0.6) is 0 Å². The molecule has 4 rings (SSSR count). The third-order valence-electron chi connectivity index (χ3n) is 6.03. The minimum atomic E-state index is -0.419. The Kier molecular flexibility index (Phi) is 9.14. The molecular formula is C30H30BrNO4S. The normalized spacial score (nSPS) is 12.0. The van der Waals surface area contributed by atoms with Crippen molar-refractivity contribution in [2.75, 3.05) is 6.61 Å². The summed E-state index contributed by atoms with van der Waals surface area (Å²) in [5.74, 6) is -0.508. The summed E-state index contributed by atoms with van der Waals surface area (Å²) < 4.78 is 12.9. The highest BCUT2D eigenvalue weighted by molar-refractivity contribution is 9.10. The van der Waals surface area contributed by atoms with Gasteiger partial charge in [-0.1, -0.05) is 68.4 Å². The second-order valence-corrected chi connectivity index (χ2v) is 10.9. The summed E-state index contributed by atoms with van der Waals surface area (Å²) in [5.41, 5.74) is 3.41. The molecule has 0 radical (unpaired) electrons. The highest BCUT2D eigenvalue weighted by Crippen LogP contribution is 2.43. The van der Waals surface area contributed by atoms with Gasteiger partial charge in [0.2, 0.25) is 0 Å². The topological polar surface area (TPSA) is 64.6 Å². The zero-order valence-corrected chi connectivity index (χ0v) is 23.5. The first kappa shape index (κ1) is 27.0. The van der Waals surface area contributed by atoms with Gasteiger partial charge < -0.3 is 14.8 Å². The van der Waals surface area contributed by atoms with Crippen LogP contribution in [0.15, 0.2) is 77.3 Å². The number of rotatable bonds is 10. The molecule has 0 aliphatic heterocycles. The molecule has 4 aromatic rings. The number of fused-ring (bicyclic) bond motifs is 1. The Morgan fingerprint density at radius 1 is 0.946 bits per heavy atom. The van der Waals surface area contributed by atoms with Crippen LogP contribution < -0.4 is 5.32 Å². The van der Waals surface area contributed by atoms with Crippen molar-refractivity contribution in [2.24, 2.45) is 5.92 Å². The second kappa shape index (κ2) is 12.5. The zero-order valence-electron chi connectivity index (χ0n) is 21.1. The monoisotopic (exact) mass is 579 g/mol. The van der Waals surface area contributed by atoms with Gasteiger partial charge in [0.25, 0.3) is 0 Å². The molecule has 0 fully saturated rings. The Hall–Kier alpha value is -3.00. The largest absolute Gasteiger partial charge is 0.462 e. The summed E-state index contributed by atoms with van der Waals surface area (Å²) >= 11 is 5.40. The minimum absolute atomic E-state index is 0.0749. The molecule has 0 unspecified atom stereocenters. The van der Waals surface area contributed by atoms with Crippen molar-refractivity contribution in [1.29, 1.82) is 0 Å². The third kappa shape index (κ3) is 6.47. The van der Waals surface area contributed by atoms with Gasteiger partial charge in [-0.3, -0.25) is 4.79 Å². The Bertz CT molecular complexity index is 1380. The zero-order chi connectivity index (χ0) is 26.4. The Morgan fingerprint density at radius 2 is 1.68 bits per heavy atom. The first-order valence-corrected chi connectivity index (χ1v) is 13.9. The second-order valence-electron chi connectivity index (χ2n) is 9.04. The van der Waals surface area contributed by atoms with Gasteiger partial charge in [-0.2, -0.15) is 0 Å². The Morgan fingerprint density at radius 3 is 2.41 bits per heavy atom. The van der Waals surface area contributed by atoms with E-state index in [1.54, 1.807) is 24.3 Å². The maximum Gasteiger partial charge on any atom is 0.338 e. The lowest BCUT2D eigenvalue weighted by atomic mass is 10.0. The van der Waals surface area contributed by atoms with Gasteiger partial charge in [0.05, 0.1) is 17.0 Å². The van der Waals surface area contributed by atoms with Crippen LogP contribution in [0.2, 0.25) is 0 Å². The molecule has 1 heterocycles. The van der Waals surface area contributed by atoms with Crippen LogP contribution in [-0.4, -0.2) is 24.6 Å². The molecule has 192 valence electrons. The molecule has 7 heteroatoms. The third-order valence-corrected chi connectivity index (χ3v) is 8.32. The van der Waals surface area contributed by atoms with Gasteiger partial charge in [-0.15, -0.1) is 11.3 Å². The predicted molar refractivity (Wildman–Crippen MR) is 153 cm³/mol. The molecule has 3 aromatic carbocycles. The predicted octanol–water partition coefficient (Wildman–Crippen LogP) is 7.37. The summed E-state index contributed by atoms with van der Waals surface area (Å²) in [6.45, 7) is 6.93. The number of carbonyl (C=O) groups excluding carboxylic acids is 2. The van der Waals surface area contributed by atoms with Crippen LogP contribution in [0.3, 0.4) is 0 Å². The number of nitrogens with one attached hydrogen (secondary N) is 1. The lowest BCUT2D eigenvalue weighted by Gasteiger charge is -2.21. The van der Waals surface area contributed by atoms with E-state index in [1.807, 2.05) is 62.4 Å². The molecule has 1 atom stereocenters. The number of halogens is 1. The lowest BCUT2D eigenvalue weighted by Crippen LogP contribution is -2.41. The van der Waals surface area contributed by atoms with Crippen LogP contribution >= 0.6 is 27.3 Å². The molecule has 0 saturated carbocycles. The van der Waals surface area contributed by atoms with Crippen LogP contribution in [0.4, 0.5) is 0 Å². The van der Waals surface area contributed by atoms with E-state index in [2.05, 4.69) is 39.4 Å². The van der Waals surface area contributed by atoms with E-state index in [0.29, 0.717) is 18.7 Å². The van der Waals surface area contributed by atoms with Gasteiger partial charge in [0.1, 0.15) is 12.6 Å². The van der Waals surface area contributed by atoms with Gasteiger partial charge in [0.15, 0.2) is 0 Å². The SMILES string of the molecule is CCOC(=O)c1ccccc1-c1sc2ccc(CN[C@H](C(=O)OCc3ccccc3)C(C)C)cc2c1Br. The maximum atomic E-state index is 12.8. The molecule has 0 amide bonds. The highest BCUT2D eigenvalue weighted by Gasteiger charge is 2.24. The molecule has 0 aliphatic carbocycles. The van der Waals surface area contributed by atoms with E-state index in [4.69, 9.17) is 9.47 Å². The molecule has 0 spiro atoms. The molecule has 0 bridgehead atoms. The summed E-state index contributed by atoms with van der Waals surface area (Å²) in [6.07, 6.45) is 0. The number of ether oxygens (including phenoxy) is 2. The Labute approximate surface area is 229 Å². The number of carbonyl (C=O) groups is 2.